The van der Waals surface area contributed by atoms with E-state index in [-0.39, 0.29) is 6.04 Å². The highest BCUT2D eigenvalue weighted by Crippen LogP contribution is 2.30. The van der Waals surface area contributed by atoms with Crippen LogP contribution in [0.25, 0.3) is 0 Å². The van der Waals surface area contributed by atoms with Crippen LogP contribution in [0.15, 0.2) is 15.9 Å². The number of thiophene rings is 1. The molecule has 0 radical (unpaired) electrons. The van der Waals surface area contributed by atoms with Crippen LogP contribution in [0.4, 0.5) is 0 Å². The van der Waals surface area contributed by atoms with Crippen LogP contribution in [0.5, 0.6) is 0 Å². The third-order valence-electron chi connectivity index (χ3n) is 2.10. The van der Waals surface area contributed by atoms with Gasteiger partial charge in [-0.05, 0) is 33.8 Å². The molecule has 74 valence electrons. The molecule has 0 aliphatic heterocycles. The lowest BCUT2D eigenvalue weighted by Crippen LogP contribution is -2.08. The Hall–Kier alpha value is 0.140. The molecule has 1 nitrogen and oxygen atoms in total. The van der Waals surface area contributed by atoms with Gasteiger partial charge in [0.15, 0.2) is 0 Å². The molecule has 0 fully saturated rings. The van der Waals surface area contributed by atoms with Crippen molar-refractivity contribution in [1.29, 1.82) is 0 Å². The van der Waals surface area contributed by atoms with Crippen molar-refractivity contribution in [2.75, 3.05) is 0 Å². The van der Waals surface area contributed by atoms with Gasteiger partial charge in [-0.3, -0.25) is 0 Å². The molecular formula is C10H16BrNS. The standard InChI is InChI=1S/C10H16BrNS/c1-2-3-4-5-9(12)10-8(11)6-7-13-10/h6-7,9H,2-5,12H2,1H3/t9-/m0/s1. The van der Waals surface area contributed by atoms with Gasteiger partial charge < -0.3 is 5.73 Å². The van der Waals surface area contributed by atoms with Gasteiger partial charge in [0.05, 0.1) is 0 Å². The summed E-state index contributed by atoms with van der Waals surface area (Å²) in [6.45, 7) is 2.21. The summed E-state index contributed by atoms with van der Waals surface area (Å²) in [7, 11) is 0. The molecule has 1 aromatic heterocycles. The molecule has 1 aromatic rings. The maximum Gasteiger partial charge on any atom is 0.0401 e. The van der Waals surface area contributed by atoms with E-state index >= 15 is 0 Å². The van der Waals surface area contributed by atoms with Crippen molar-refractivity contribution in [3.05, 3.63) is 20.8 Å². The average molecular weight is 262 g/mol. The fourth-order valence-corrected chi connectivity index (χ4v) is 3.02. The Labute approximate surface area is 92.5 Å². The predicted molar refractivity (Wildman–Crippen MR) is 63.1 cm³/mol. The van der Waals surface area contributed by atoms with Crippen molar-refractivity contribution in [3.63, 3.8) is 0 Å². The van der Waals surface area contributed by atoms with E-state index in [2.05, 4.69) is 34.3 Å². The quantitative estimate of drug-likeness (QED) is 0.794. The maximum atomic E-state index is 6.06. The van der Waals surface area contributed by atoms with Crippen molar-refractivity contribution < 1.29 is 0 Å². The first kappa shape index (κ1) is 11.2. The van der Waals surface area contributed by atoms with E-state index in [1.807, 2.05) is 0 Å². The van der Waals surface area contributed by atoms with E-state index in [0.717, 1.165) is 6.42 Å². The van der Waals surface area contributed by atoms with Crippen LogP contribution < -0.4 is 5.73 Å². The maximum absolute atomic E-state index is 6.06. The molecule has 0 bridgehead atoms. The van der Waals surface area contributed by atoms with Gasteiger partial charge in [-0.2, -0.15) is 0 Å². The Kier molecular flexibility index (Phi) is 4.99. The summed E-state index contributed by atoms with van der Waals surface area (Å²) in [5.74, 6) is 0. The number of hydrogen-bond acceptors (Lipinski definition) is 2. The van der Waals surface area contributed by atoms with Gasteiger partial charge in [0.25, 0.3) is 0 Å². The van der Waals surface area contributed by atoms with Crippen LogP contribution in [-0.2, 0) is 0 Å². The molecule has 0 aromatic carbocycles. The van der Waals surface area contributed by atoms with Gasteiger partial charge in [0, 0.05) is 15.4 Å². The van der Waals surface area contributed by atoms with Crippen LogP contribution in [0.2, 0.25) is 0 Å². The highest BCUT2D eigenvalue weighted by atomic mass is 79.9. The zero-order valence-electron chi connectivity index (χ0n) is 7.92. The Morgan fingerprint density at radius 2 is 2.31 bits per heavy atom. The number of halogens is 1. The average Bonchev–Trinajstić information content (AvgIpc) is 2.52. The van der Waals surface area contributed by atoms with Gasteiger partial charge in [-0.15, -0.1) is 11.3 Å². The number of unbranched alkanes of at least 4 members (excludes halogenated alkanes) is 2. The van der Waals surface area contributed by atoms with Crippen LogP contribution in [0.1, 0.15) is 43.5 Å². The molecule has 0 saturated carbocycles. The SMILES string of the molecule is CCCCC[C@H](N)c1sccc1Br. The molecule has 0 aliphatic carbocycles. The van der Waals surface area contributed by atoms with E-state index in [1.54, 1.807) is 11.3 Å². The fourth-order valence-electron chi connectivity index (χ4n) is 1.32. The minimum atomic E-state index is 0.223. The smallest absolute Gasteiger partial charge is 0.0401 e. The van der Waals surface area contributed by atoms with Crippen LogP contribution >= 0.6 is 27.3 Å². The monoisotopic (exact) mass is 261 g/mol. The summed E-state index contributed by atoms with van der Waals surface area (Å²) in [6.07, 6.45) is 4.89. The summed E-state index contributed by atoms with van der Waals surface area (Å²) in [4.78, 5) is 1.29. The molecule has 2 N–H and O–H groups in total. The van der Waals surface area contributed by atoms with E-state index in [0.29, 0.717) is 0 Å². The topological polar surface area (TPSA) is 26.0 Å². The molecule has 0 spiro atoms. The van der Waals surface area contributed by atoms with Gasteiger partial charge >= 0.3 is 0 Å². The zero-order chi connectivity index (χ0) is 9.68. The second-order valence-corrected chi connectivity index (χ2v) is 5.04. The number of hydrogen-bond donors (Lipinski definition) is 1. The first-order chi connectivity index (χ1) is 6.25. The third kappa shape index (κ3) is 3.41. The molecule has 0 aliphatic rings. The number of nitrogens with two attached hydrogens (primary N) is 1. The van der Waals surface area contributed by atoms with Gasteiger partial charge in [0.2, 0.25) is 0 Å². The largest absolute Gasteiger partial charge is 0.323 e. The molecular weight excluding hydrogens is 246 g/mol. The lowest BCUT2D eigenvalue weighted by Gasteiger charge is -2.09. The summed E-state index contributed by atoms with van der Waals surface area (Å²) in [6, 6.07) is 2.29. The molecule has 13 heavy (non-hydrogen) atoms. The first-order valence-corrected chi connectivity index (χ1v) is 6.41. The third-order valence-corrected chi connectivity index (χ3v) is 4.10. The molecule has 0 saturated heterocycles. The summed E-state index contributed by atoms with van der Waals surface area (Å²) >= 11 is 5.25. The second kappa shape index (κ2) is 5.78. The summed E-state index contributed by atoms with van der Waals surface area (Å²) in [5.41, 5.74) is 6.06. The molecule has 1 heterocycles. The van der Waals surface area contributed by atoms with Crippen molar-refractivity contribution in [2.24, 2.45) is 5.73 Å². The molecule has 0 amide bonds. The van der Waals surface area contributed by atoms with Crippen LogP contribution in [0, 0.1) is 0 Å². The summed E-state index contributed by atoms with van der Waals surface area (Å²) < 4.78 is 1.17. The van der Waals surface area contributed by atoms with Crippen LogP contribution in [0.3, 0.4) is 0 Å². The lowest BCUT2D eigenvalue weighted by atomic mass is 10.1. The lowest BCUT2D eigenvalue weighted by molar-refractivity contribution is 0.586. The van der Waals surface area contributed by atoms with Crippen molar-refractivity contribution >= 4 is 27.3 Å². The summed E-state index contributed by atoms with van der Waals surface area (Å²) in [5, 5.41) is 2.08. The van der Waals surface area contributed by atoms with E-state index in [1.165, 1.54) is 28.6 Å². The molecule has 1 atom stereocenters. The minimum absolute atomic E-state index is 0.223. The van der Waals surface area contributed by atoms with Crippen molar-refractivity contribution in [3.8, 4) is 0 Å². The minimum Gasteiger partial charge on any atom is -0.323 e. The van der Waals surface area contributed by atoms with Crippen molar-refractivity contribution in [2.45, 2.75) is 38.6 Å². The highest BCUT2D eigenvalue weighted by Gasteiger charge is 2.10. The molecule has 3 heteroatoms. The first-order valence-electron chi connectivity index (χ1n) is 4.74. The molecule has 0 unspecified atom stereocenters. The predicted octanol–water partition coefficient (Wildman–Crippen LogP) is 4.09. The Morgan fingerprint density at radius 3 is 2.85 bits per heavy atom. The normalized spacial score (nSPS) is 13.2. The molecule has 1 rings (SSSR count). The van der Waals surface area contributed by atoms with E-state index in [4.69, 9.17) is 5.73 Å². The Morgan fingerprint density at radius 1 is 1.54 bits per heavy atom. The van der Waals surface area contributed by atoms with E-state index < -0.39 is 0 Å². The number of rotatable bonds is 5. The fraction of sp³-hybridized carbons (Fsp3) is 0.600. The van der Waals surface area contributed by atoms with Gasteiger partial charge in [0.1, 0.15) is 0 Å². The van der Waals surface area contributed by atoms with Gasteiger partial charge in [-0.1, -0.05) is 26.2 Å². The van der Waals surface area contributed by atoms with Gasteiger partial charge in [-0.25, -0.2) is 0 Å². The Bertz CT molecular complexity index is 247. The van der Waals surface area contributed by atoms with E-state index in [9.17, 15) is 0 Å². The zero-order valence-corrected chi connectivity index (χ0v) is 10.3. The van der Waals surface area contributed by atoms with Crippen LogP contribution in [-0.4, -0.2) is 0 Å². The van der Waals surface area contributed by atoms with Crippen molar-refractivity contribution in [1.82, 2.24) is 0 Å². The highest BCUT2D eigenvalue weighted by molar-refractivity contribution is 9.10. The second-order valence-electron chi connectivity index (χ2n) is 3.24. The Balaban J connectivity index is 2.39.